The van der Waals surface area contributed by atoms with Crippen LogP contribution in [0.25, 0.3) is 0 Å². The van der Waals surface area contributed by atoms with Crippen LogP contribution in [0.1, 0.15) is 47.0 Å². The van der Waals surface area contributed by atoms with Crippen molar-refractivity contribution in [3.63, 3.8) is 0 Å². The number of hydrogen-bond acceptors (Lipinski definition) is 3. The van der Waals surface area contributed by atoms with Crippen LogP contribution in [0.4, 0.5) is 0 Å². The Labute approximate surface area is 116 Å². The lowest BCUT2D eigenvalue weighted by Gasteiger charge is -2.55. The van der Waals surface area contributed by atoms with E-state index in [9.17, 15) is 4.79 Å². The second-order valence-electron chi connectivity index (χ2n) is 6.34. The van der Waals surface area contributed by atoms with E-state index in [1.165, 1.54) is 0 Å². The molecule has 1 aliphatic carbocycles. The van der Waals surface area contributed by atoms with Gasteiger partial charge in [-0.05, 0) is 32.7 Å². The van der Waals surface area contributed by atoms with Crippen molar-refractivity contribution in [2.45, 2.75) is 65.1 Å². The van der Waals surface area contributed by atoms with Crippen LogP contribution in [0.5, 0.6) is 0 Å². The first-order chi connectivity index (χ1) is 9.02. The molecule has 2 rings (SSSR count). The van der Waals surface area contributed by atoms with Gasteiger partial charge in [0.1, 0.15) is 0 Å². The Morgan fingerprint density at radius 2 is 2.16 bits per heavy atom. The Bertz CT molecular complexity index is 330. The van der Waals surface area contributed by atoms with Crippen molar-refractivity contribution in [1.82, 2.24) is 10.2 Å². The van der Waals surface area contributed by atoms with Crippen LogP contribution in [0.2, 0.25) is 0 Å². The van der Waals surface area contributed by atoms with Gasteiger partial charge in [-0.15, -0.1) is 0 Å². The average Bonchev–Trinajstić information content (AvgIpc) is 2.73. The largest absolute Gasteiger partial charge is 0.378 e. The Morgan fingerprint density at radius 3 is 2.74 bits per heavy atom. The number of rotatable bonds is 6. The smallest absolute Gasteiger partial charge is 0.240 e. The van der Waals surface area contributed by atoms with Crippen LogP contribution in [0.15, 0.2) is 0 Å². The SMILES string of the molecule is CCCNC1CCN(C2CC(OCC)C2(C)C)C1=O. The summed E-state index contributed by atoms with van der Waals surface area (Å²) in [6, 6.07) is 0.395. The average molecular weight is 268 g/mol. The molecule has 1 N–H and O–H groups in total. The summed E-state index contributed by atoms with van der Waals surface area (Å²) < 4.78 is 5.76. The summed E-state index contributed by atoms with van der Waals surface area (Å²) in [4.78, 5) is 14.5. The van der Waals surface area contributed by atoms with E-state index in [0.717, 1.165) is 39.0 Å². The molecule has 0 spiro atoms. The second-order valence-corrected chi connectivity index (χ2v) is 6.34. The molecule has 0 aromatic rings. The summed E-state index contributed by atoms with van der Waals surface area (Å²) in [5.74, 6) is 0.293. The minimum absolute atomic E-state index is 0.0434. The van der Waals surface area contributed by atoms with Gasteiger partial charge in [0, 0.05) is 24.6 Å². The number of amides is 1. The maximum absolute atomic E-state index is 12.4. The molecule has 1 amide bonds. The molecule has 19 heavy (non-hydrogen) atoms. The lowest BCUT2D eigenvalue weighted by atomic mass is 9.63. The monoisotopic (exact) mass is 268 g/mol. The molecule has 1 saturated carbocycles. The Hall–Kier alpha value is -0.610. The van der Waals surface area contributed by atoms with Crippen LogP contribution >= 0.6 is 0 Å². The summed E-state index contributed by atoms with van der Waals surface area (Å²) in [7, 11) is 0. The van der Waals surface area contributed by atoms with Gasteiger partial charge in [-0.25, -0.2) is 0 Å². The molecule has 2 fully saturated rings. The van der Waals surface area contributed by atoms with E-state index in [1.807, 2.05) is 6.92 Å². The number of nitrogens with one attached hydrogen (secondary N) is 1. The standard InChI is InChI=1S/C15H28N2O2/c1-5-8-16-11-7-9-17(14(11)18)12-10-13(19-6-2)15(12,3)4/h11-13,16H,5-10H2,1-4H3. The minimum Gasteiger partial charge on any atom is -0.378 e. The van der Waals surface area contributed by atoms with Crippen LogP contribution in [-0.4, -0.2) is 48.7 Å². The van der Waals surface area contributed by atoms with Gasteiger partial charge >= 0.3 is 0 Å². The van der Waals surface area contributed by atoms with Gasteiger partial charge in [0.05, 0.1) is 12.1 Å². The molecule has 3 unspecified atom stereocenters. The molecule has 1 heterocycles. The van der Waals surface area contributed by atoms with E-state index >= 15 is 0 Å². The molecule has 110 valence electrons. The van der Waals surface area contributed by atoms with Crippen LogP contribution < -0.4 is 5.32 Å². The number of carbonyl (C=O) groups excluding carboxylic acids is 1. The fourth-order valence-corrected chi connectivity index (χ4v) is 3.40. The van der Waals surface area contributed by atoms with E-state index in [0.29, 0.717) is 18.1 Å². The first-order valence-electron chi connectivity index (χ1n) is 7.67. The van der Waals surface area contributed by atoms with Crippen molar-refractivity contribution in [3.8, 4) is 0 Å². The van der Waals surface area contributed by atoms with Gasteiger partial charge in [0.25, 0.3) is 0 Å². The molecular weight excluding hydrogens is 240 g/mol. The molecule has 0 bridgehead atoms. The van der Waals surface area contributed by atoms with Gasteiger partial charge in [-0.2, -0.15) is 0 Å². The van der Waals surface area contributed by atoms with E-state index in [2.05, 4.69) is 31.0 Å². The third kappa shape index (κ3) is 2.65. The first-order valence-corrected chi connectivity index (χ1v) is 7.67. The maximum atomic E-state index is 12.4. The number of hydrogen-bond donors (Lipinski definition) is 1. The maximum Gasteiger partial charge on any atom is 0.240 e. The summed E-state index contributed by atoms with van der Waals surface area (Å²) in [6.07, 6.45) is 3.32. The first kappa shape index (κ1) is 14.8. The Morgan fingerprint density at radius 1 is 1.42 bits per heavy atom. The zero-order chi connectivity index (χ0) is 14.0. The van der Waals surface area contributed by atoms with E-state index in [4.69, 9.17) is 4.74 Å². The molecule has 4 heteroatoms. The molecule has 0 aromatic heterocycles. The fourth-order valence-electron chi connectivity index (χ4n) is 3.40. The van der Waals surface area contributed by atoms with Crippen molar-refractivity contribution in [2.24, 2.45) is 5.41 Å². The highest BCUT2D eigenvalue weighted by atomic mass is 16.5. The zero-order valence-electron chi connectivity index (χ0n) is 12.7. The van der Waals surface area contributed by atoms with Crippen molar-refractivity contribution < 1.29 is 9.53 Å². The predicted molar refractivity (Wildman–Crippen MR) is 76.0 cm³/mol. The van der Waals surface area contributed by atoms with Gasteiger partial charge in [-0.1, -0.05) is 20.8 Å². The summed E-state index contributed by atoms with van der Waals surface area (Å²) in [6.45, 7) is 11.2. The van der Waals surface area contributed by atoms with Crippen molar-refractivity contribution in [2.75, 3.05) is 19.7 Å². The van der Waals surface area contributed by atoms with Gasteiger partial charge in [0.2, 0.25) is 5.91 Å². The van der Waals surface area contributed by atoms with Gasteiger partial charge < -0.3 is 15.0 Å². The lowest BCUT2D eigenvalue weighted by Crippen LogP contribution is -2.63. The van der Waals surface area contributed by atoms with Crippen molar-refractivity contribution in [1.29, 1.82) is 0 Å². The normalized spacial score (nSPS) is 33.6. The van der Waals surface area contributed by atoms with Crippen LogP contribution in [0.3, 0.4) is 0 Å². The third-order valence-electron chi connectivity index (χ3n) is 4.75. The highest BCUT2D eigenvalue weighted by Crippen LogP contribution is 2.46. The number of likely N-dealkylation sites (tertiary alicyclic amines) is 1. The molecule has 3 atom stereocenters. The fraction of sp³-hybridized carbons (Fsp3) is 0.933. The summed E-state index contributed by atoms with van der Waals surface area (Å²) >= 11 is 0. The van der Waals surface area contributed by atoms with E-state index < -0.39 is 0 Å². The van der Waals surface area contributed by atoms with Crippen LogP contribution in [0, 0.1) is 5.41 Å². The molecule has 0 aromatic carbocycles. The van der Waals surface area contributed by atoms with E-state index in [-0.39, 0.29) is 11.5 Å². The van der Waals surface area contributed by atoms with Crippen LogP contribution in [-0.2, 0) is 9.53 Å². The minimum atomic E-state index is 0.0434. The lowest BCUT2D eigenvalue weighted by molar-refractivity contribution is -0.163. The highest BCUT2D eigenvalue weighted by molar-refractivity contribution is 5.84. The van der Waals surface area contributed by atoms with Gasteiger partial charge in [0.15, 0.2) is 0 Å². The molecule has 2 aliphatic rings. The second kappa shape index (κ2) is 5.80. The number of carbonyl (C=O) groups is 1. The molecular formula is C15H28N2O2. The molecule has 0 radical (unpaired) electrons. The van der Waals surface area contributed by atoms with Gasteiger partial charge in [-0.3, -0.25) is 4.79 Å². The number of nitrogens with zero attached hydrogens (tertiary/aromatic N) is 1. The Balaban J connectivity index is 1.92. The molecule has 1 saturated heterocycles. The predicted octanol–water partition coefficient (Wildman–Crippen LogP) is 1.79. The van der Waals surface area contributed by atoms with Crippen molar-refractivity contribution >= 4 is 5.91 Å². The topological polar surface area (TPSA) is 41.6 Å². The highest BCUT2D eigenvalue weighted by Gasteiger charge is 2.54. The van der Waals surface area contributed by atoms with Crippen molar-refractivity contribution in [3.05, 3.63) is 0 Å². The Kier molecular flexibility index (Phi) is 4.51. The number of ether oxygens (including phenoxy) is 1. The summed E-state index contributed by atoms with van der Waals surface area (Å²) in [5.41, 5.74) is 0.0886. The molecule has 1 aliphatic heterocycles. The molecule has 4 nitrogen and oxygen atoms in total. The third-order valence-corrected chi connectivity index (χ3v) is 4.75. The quantitative estimate of drug-likeness (QED) is 0.798. The summed E-state index contributed by atoms with van der Waals surface area (Å²) in [5, 5.41) is 3.36. The van der Waals surface area contributed by atoms with E-state index in [1.54, 1.807) is 0 Å². The zero-order valence-corrected chi connectivity index (χ0v) is 12.7.